The van der Waals surface area contributed by atoms with Crippen molar-refractivity contribution in [3.8, 4) is 0 Å². The highest BCUT2D eigenvalue weighted by molar-refractivity contribution is 9.10. The van der Waals surface area contributed by atoms with Gasteiger partial charge in [-0.15, -0.1) is 10.2 Å². The lowest BCUT2D eigenvalue weighted by molar-refractivity contribution is -0.119. The molecule has 6 nitrogen and oxygen atoms in total. The van der Waals surface area contributed by atoms with Crippen molar-refractivity contribution < 1.29 is 9.53 Å². The zero-order valence-corrected chi connectivity index (χ0v) is 16.6. The number of hydrogen-bond donors (Lipinski definition) is 2. The average Bonchev–Trinajstić information content (AvgIpc) is 3.02. The summed E-state index contributed by atoms with van der Waals surface area (Å²) in [6.45, 7) is 3.26. The van der Waals surface area contributed by atoms with Crippen molar-refractivity contribution in [3.05, 3.63) is 34.3 Å². The molecule has 2 aromatic rings. The number of aromatic nitrogens is 2. The van der Waals surface area contributed by atoms with E-state index in [1.165, 1.54) is 23.1 Å². The summed E-state index contributed by atoms with van der Waals surface area (Å²) in [6.07, 6.45) is 0. The average molecular weight is 431 g/mol. The molecule has 130 valence electrons. The molecular weight excluding hydrogens is 412 g/mol. The van der Waals surface area contributed by atoms with E-state index < -0.39 is 0 Å². The van der Waals surface area contributed by atoms with E-state index in [-0.39, 0.29) is 11.9 Å². The van der Waals surface area contributed by atoms with Crippen LogP contribution in [-0.2, 0) is 9.53 Å². The Balaban J connectivity index is 1.75. The third-order valence-corrected chi connectivity index (χ3v) is 5.61. The van der Waals surface area contributed by atoms with Crippen molar-refractivity contribution in [2.45, 2.75) is 17.3 Å². The summed E-state index contributed by atoms with van der Waals surface area (Å²) in [4.78, 5) is 12.1. The zero-order chi connectivity index (χ0) is 17.4. The number of ether oxygens (including phenoxy) is 1. The summed E-state index contributed by atoms with van der Waals surface area (Å²) in [5, 5.41) is 14.9. The molecule has 0 bridgehead atoms. The summed E-state index contributed by atoms with van der Waals surface area (Å²) in [5.74, 6) is 0.285. The minimum atomic E-state index is -0.0353. The number of nitrogens with one attached hydrogen (secondary N) is 2. The van der Waals surface area contributed by atoms with Gasteiger partial charge in [-0.25, -0.2) is 0 Å². The van der Waals surface area contributed by atoms with E-state index in [1.54, 1.807) is 7.11 Å². The molecule has 1 unspecified atom stereocenters. The Kier molecular flexibility index (Phi) is 7.97. The van der Waals surface area contributed by atoms with Crippen molar-refractivity contribution >= 4 is 50.1 Å². The maximum absolute atomic E-state index is 12.1. The lowest BCUT2D eigenvalue weighted by Crippen LogP contribution is -2.28. The van der Waals surface area contributed by atoms with Gasteiger partial charge in [0.05, 0.1) is 18.4 Å². The number of hydrogen-bond acceptors (Lipinski definition) is 7. The lowest BCUT2D eigenvalue weighted by atomic mass is 10.1. The van der Waals surface area contributed by atoms with Crippen LogP contribution in [0.2, 0.25) is 0 Å². The number of thioether (sulfide) groups is 1. The largest absolute Gasteiger partial charge is 0.383 e. The Hall–Kier alpha value is -1.16. The highest BCUT2D eigenvalue weighted by Crippen LogP contribution is 2.25. The van der Waals surface area contributed by atoms with Crippen LogP contribution in [0.15, 0.2) is 33.1 Å². The van der Waals surface area contributed by atoms with Gasteiger partial charge < -0.3 is 15.4 Å². The van der Waals surface area contributed by atoms with Gasteiger partial charge in [-0.1, -0.05) is 51.2 Å². The number of nitrogens with zero attached hydrogens (tertiary/aromatic N) is 2. The van der Waals surface area contributed by atoms with Gasteiger partial charge in [-0.2, -0.15) is 0 Å². The summed E-state index contributed by atoms with van der Waals surface area (Å²) < 4.78 is 6.75. The maximum Gasteiger partial charge on any atom is 0.230 e. The second-order valence-electron chi connectivity index (χ2n) is 4.92. The number of amides is 1. The smallest absolute Gasteiger partial charge is 0.230 e. The lowest BCUT2D eigenvalue weighted by Gasteiger charge is -2.14. The Morgan fingerprint density at radius 3 is 2.83 bits per heavy atom. The highest BCUT2D eigenvalue weighted by atomic mass is 79.9. The van der Waals surface area contributed by atoms with Crippen LogP contribution >= 0.6 is 39.0 Å². The number of anilines is 1. The van der Waals surface area contributed by atoms with Crippen LogP contribution in [0.4, 0.5) is 5.13 Å². The summed E-state index contributed by atoms with van der Waals surface area (Å²) >= 11 is 6.22. The van der Waals surface area contributed by atoms with Gasteiger partial charge in [0.2, 0.25) is 11.0 Å². The van der Waals surface area contributed by atoms with Gasteiger partial charge >= 0.3 is 0 Å². The number of carbonyl (C=O) groups excluding carboxylic acids is 1. The first-order valence-corrected chi connectivity index (χ1v) is 9.92. The standard InChI is InChI=1S/C15H19BrN4O2S2/c1-10(11-3-5-12(16)6-4-11)18-13(21)9-23-15-20-19-14(24-15)17-7-8-22-2/h3-6,10H,7-9H2,1-2H3,(H,17,19)(H,18,21). The Labute approximate surface area is 157 Å². The predicted octanol–water partition coefficient (Wildman–Crippen LogP) is 3.33. The summed E-state index contributed by atoms with van der Waals surface area (Å²) in [7, 11) is 1.65. The molecule has 0 aliphatic rings. The molecule has 2 N–H and O–H groups in total. The minimum absolute atomic E-state index is 0.0282. The normalized spacial score (nSPS) is 12.0. The second-order valence-corrected chi connectivity index (χ2v) is 8.04. The van der Waals surface area contributed by atoms with Crippen LogP contribution in [0.25, 0.3) is 0 Å². The molecule has 0 aliphatic carbocycles. The molecule has 1 heterocycles. The first kappa shape index (κ1) is 19.2. The van der Waals surface area contributed by atoms with Gasteiger partial charge in [0.1, 0.15) is 0 Å². The molecule has 0 saturated heterocycles. The van der Waals surface area contributed by atoms with Crippen molar-refractivity contribution in [2.75, 3.05) is 31.3 Å². The Morgan fingerprint density at radius 2 is 2.12 bits per heavy atom. The molecule has 24 heavy (non-hydrogen) atoms. The number of methoxy groups -OCH3 is 1. The first-order chi connectivity index (χ1) is 11.6. The molecule has 9 heteroatoms. The van der Waals surface area contributed by atoms with E-state index in [4.69, 9.17) is 4.74 Å². The topological polar surface area (TPSA) is 76.1 Å². The van der Waals surface area contributed by atoms with Crippen LogP contribution < -0.4 is 10.6 Å². The fourth-order valence-corrected chi connectivity index (χ4v) is 3.70. The van der Waals surface area contributed by atoms with Gasteiger partial charge in [0.15, 0.2) is 4.34 Å². The van der Waals surface area contributed by atoms with Crippen LogP contribution in [0.1, 0.15) is 18.5 Å². The van der Waals surface area contributed by atoms with Gasteiger partial charge in [-0.3, -0.25) is 4.79 Å². The van der Waals surface area contributed by atoms with Crippen LogP contribution in [0.5, 0.6) is 0 Å². The van der Waals surface area contributed by atoms with Crippen molar-refractivity contribution in [1.82, 2.24) is 15.5 Å². The van der Waals surface area contributed by atoms with Gasteiger partial charge in [-0.05, 0) is 24.6 Å². The van der Waals surface area contributed by atoms with Crippen LogP contribution in [-0.4, -0.2) is 42.1 Å². The predicted molar refractivity (Wildman–Crippen MR) is 102 cm³/mol. The molecule has 0 saturated carbocycles. The summed E-state index contributed by atoms with van der Waals surface area (Å²) in [5.41, 5.74) is 1.07. The van der Waals surface area contributed by atoms with E-state index in [1.807, 2.05) is 31.2 Å². The number of rotatable bonds is 9. The van der Waals surface area contributed by atoms with E-state index >= 15 is 0 Å². The molecule has 0 radical (unpaired) electrons. The second kappa shape index (κ2) is 9.97. The molecule has 0 spiro atoms. The first-order valence-electron chi connectivity index (χ1n) is 7.32. The Bertz CT molecular complexity index is 651. The van der Waals surface area contributed by atoms with Crippen LogP contribution in [0, 0.1) is 0 Å². The Morgan fingerprint density at radius 1 is 1.38 bits per heavy atom. The monoisotopic (exact) mass is 430 g/mol. The number of halogens is 1. The minimum Gasteiger partial charge on any atom is -0.383 e. The molecule has 1 aromatic heterocycles. The number of carbonyl (C=O) groups is 1. The molecule has 0 aliphatic heterocycles. The van der Waals surface area contributed by atoms with Crippen LogP contribution in [0.3, 0.4) is 0 Å². The zero-order valence-electron chi connectivity index (χ0n) is 13.4. The molecule has 2 rings (SSSR count). The highest BCUT2D eigenvalue weighted by Gasteiger charge is 2.12. The molecule has 1 atom stereocenters. The molecule has 1 aromatic carbocycles. The SMILES string of the molecule is COCCNc1nnc(SCC(=O)NC(C)c2ccc(Br)cc2)s1. The fraction of sp³-hybridized carbons (Fsp3) is 0.400. The molecule has 0 fully saturated rings. The number of benzene rings is 1. The fourth-order valence-electron chi connectivity index (χ4n) is 1.84. The summed E-state index contributed by atoms with van der Waals surface area (Å²) in [6, 6.07) is 7.88. The molecular formula is C15H19BrN4O2S2. The van der Waals surface area contributed by atoms with E-state index in [2.05, 4.69) is 36.8 Å². The van der Waals surface area contributed by atoms with Crippen molar-refractivity contribution in [1.29, 1.82) is 0 Å². The van der Waals surface area contributed by atoms with Gasteiger partial charge in [0, 0.05) is 18.1 Å². The van der Waals surface area contributed by atoms with E-state index in [0.717, 1.165) is 19.5 Å². The third kappa shape index (κ3) is 6.39. The van der Waals surface area contributed by atoms with Gasteiger partial charge in [0.25, 0.3) is 0 Å². The van der Waals surface area contributed by atoms with Crippen molar-refractivity contribution in [2.24, 2.45) is 0 Å². The van der Waals surface area contributed by atoms with E-state index in [9.17, 15) is 4.79 Å². The molecule has 1 amide bonds. The maximum atomic E-state index is 12.1. The third-order valence-electron chi connectivity index (χ3n) is 3.06. The quantitative estimate of drug-likeness (QED) is 0.469. The van der Waals surface area contributed by atoms with E-state index in [0.29, 0.717) is 18.9 Å². The van der Waals surface area contributed by atoms with Crippen molar-refractivity contribution in [3.63, 3.8) is 0 Å².